The lowest BCUT2D eigenvalue weighted by Gasteiger charge is -2.19. The molecule has 1 aliphatic rings. The Balaban J connectivity index is 0.00000289. The molecule has 0 aliphatic carbocycles. The van der Waals surface area contributed by atoms with Gasteiger partial charge in [-0.3, -0.25) is 0 Å². The summed E-state index contributed by atoms with van der Waals surface area (Å²) >= 11 is 0. The van der Waals surface area contributed by atoms with Crippen LogP contribution in [-0.2, 0) is 10.0 Å². The highest BCUT2D eigenvalue weighted by molar-refractivity contribution is 7.89. The molecule has 9 heteroatoms. The summed E-state index contributed by atoms with van der Waals surface area (Å²) in [5.41, 5.74) is 0. The van der Waals surface area contributed by atoms with Crippen molar-refractivity contribution in [2.45, 2.75) is 25.4 Å². The average molecular weight is 311 g/mol. The molecule has 0 amide bonds. The molecule has 1 aliphatic heterocycles. The highest BCUT2D eigenvalue weighted by atomic mass is 35.5. The number of hydrogen-bond donors (Lipinski definition) is 1. The fourth-order valence-corrected chi connectivity index (χ4v) is 3.23. The van der Waals surface area contributed by atoms with Crippen LogP contribution < -0.4 is 5.32 Å². The number of rotatable bonds is 4. The minimum absolute atomic E-state index is 0. The molecule has 0 radical (unpaired) electrons. The number of sulfonamides is 1. The maximum absolute atomic E-state index is 11.9. The second kappa shape index (κ2) is 7.52. The van der Waals surface area contributed by atoms with E-state index in [1.807, 2.05) is 0 Å². The second-order valence-electron chi connectivity index (χ2n) is 4.04. The van der Waals surface area contributed by atoms with Crippen molar-refractivity contribution in [3.8, 4) is 0 Å². The van der Waals surface area contributed by atoms with Crippen LogP contribution in [0.1, 0.15) is 19.3 Å². The second-order valence-corrected chi connectivity index (χ2v) is 6.13. The molecule has 0 aromatic rings. The molecule has 110 valence electrons. The summed E-state index contributed by atoms with van der Waals surface area (Å²) in [6, 6.07) is 0. The Hall–Kier alpha value is -0.0500. The molecule has 1 fully saturated rings. The Morgan fingerprint density at radius 1 is 1.17 bits per heavy atom. The van der Waals surface area contributed by atoms with Crippen LogP contribution in [0.5, 0.6) is 0 Å². The van der Waals surface area contributed by atoms with Gasteiger partial charge in [-0.25, -0.2) is 12.7 Å². The monoisotopic (exact) mass is 310 g/mol. The van der Waals surface area contributed by atoms with E-state index >= 15 is 0 Å². The summed E-state index contributed by atoms with van der Waals surface area (Å²) in [5.74, 6) is -0.424. The number of alkyl halides is 3. The van der Waals surface area contributed by atoms with Crippen LogP contribution in [0.4, 0.5) is 13.2 Å². The van der Waals surface area contributed by atoms with Crippen LogP contribution in [0.15, 0.2) is 0 Å². The molecule has 18 heavy (non-hydrogen) atoms. The average Bonchev–Trinajstić information content (AvgIpc) is 2.43. The SMILES string of the molecule is Cl.O=S(=O)(CCCC(F)(F)F)N1CCCNCC1. The zero-order chi connectivity index (χ0) is 12.9. The molecule has 1 rings (SSSR count). The summed E-state index contributed by atoms with van der Waals surface area (Å²) in [4.78, 5) is 0. The van der Waals surface area contributed by atoms with E-state index < -0.39 is 28.4 Å². The first-order valence-corrected chi connectivity index (χ1v) is 7.17. The quantitative estimate of drug-likeness (QED) is 0.853. The molecule has 0 saturated carbocycles. The Kier molecular flexibility index (Phi) is 7.50. The van der Waals surface area contributed by atoms with Gasteiger partial charge < -0.3 is 5.32 Å². The van der Waals surface area contributed by atoms with Crippen molar-refractivity contribution in [1.82, 2.24) is 9.62 Å². The summed E-state index contributed by atoms with van der Waals surface area (Å²) in [5, 5.41) is 3.04. The van der Waals surface area contributed by atoms with Crippen LogP contribution in [-0.4, -0.2) is 50.8 Å². The van der Waals surface area contributed by atoms with Crippen molar-refractivity contribution in [2.75, 3.05) is 31.9 Å². The lowest BCUT2D eigenvalue weighted by molar-refractivity contribution is -0.134. The Morgan fingerprint density at radius 2 is 1.83 bits per heavy atom. The zero-order valence-electron chi connectivity index (χ0n) is 9.87. The molecule has 0 unspecified atom stereocenters. The predicted octanol–water partition coefficient (Wildman–Crippen LogP) is 1.38. The van der Waals surface area contributed by atoms with Gasteiger partial charge in [0.2, 0.25) is 10.0 Å². The molecular formula is C9H18ClF3N2O2S. The number of nitrogens with zero attached hydrogens (tertiary/aromatic N) is 1. The minimum Gasteiger partial charge on any atom is -0.315 e. The third-order valence-electron chi connectivity index (χ3n) is 2.55. The predicted molar refractivity (Wildman–Crippen MR) is 65.4 cm³/mol. The molecule has 0 spiro atoms. The van der Waals surface area contributed by atoms with Gasteiger partial charge in [0.05, 0.1) is 5.75 Å². The van der Waals surface area contributed by atoms with Gasteiger partial charge in [-0.05, 0) is 19.4 Å². The highest BCUT2D eigenvalue weighted by Gasteiger charge is 2.29. The smallest absolute Gasteiger partial charge is 0.315 e. The number of hydrogen-bond acceptors (Lipinski definition) is 3. The first kappa shape index (κ1) is 17.9. The molecule has 0 aromatic heterocycles. The first-order valence-electron chi connectivity index (χ1n) is 5.56. The summed E-state index contributed by atoms with van der Waals surface area (Å²) in [6.45, 7) is 2.03. The zero-order valence-corrected chi connectivity index (χ0v) is 11.5. The van der Waals surface area contributed by atoms with Gasteiger partial charge in [-0.1, -0.05) is 0 Å². The van der Waals surface area contributed by atoms with Gasteiger partial charge in [0.1, 0.15) is 0 Å². The Bertz CT molecular complexity index is 327. The van der Waals surface area contributed by atoms with Crippen molar-refractivity contribution in [3.05, 3.63) is 0 Å². The van der Waals surface area contributed by atoms with Crippen LogP contribution in [0.3, 0.4) is 0 Å². The van der Waals surface area contributed by atoms with Crippen LogP contribution in [0.2, 0.25) is 0 Å². The first-order chi connectivity index (χ1) is 7.81. The van der Waals surface area contributed by atoms with Crippen molar-refractivity contribution in [2.24, 2.45) is 0 Å². The third kappa shape index (κ3) is 6.77. The van der Waals surface area contributed by atoms with Crippen molar-refractivity contribution < 1.29 is 21.6 Å². The van der Waals surface area contributed by atoms with E-state index in [0.717, 1.165) is 6.54 Å². The van der Waals surface area contributed by atoms with Gasteiger partial charge in [0, 0.05) is 26.1 Å². The fourth-order valence-electron chi connectivity index (χ4n) is 1.68. The van der Waals surface area contributed by atoms with Gasteiger partial charge in [0.15, 0.2) is 0 Å². The van der Waals surface area contributed by atoms with Crippen LogP contribution in [0.25, 0.3) is 0 Å². The Morgan fingerprint density at radius 3 is 2.44 bits per heavy atom. The molecule has 1 saturated heterocycles. The fraction of sp³-hybridized carbons (Fsp3) is 1.00. The lowest BCUT2D eigenvalue weighted by Crippen LogP contribution is -2.36. The van der Waals surface area contributed by atoms with Gasteiger partial charge in [-0.2, -0.15) is 13.2 Å². The molecule has 1 N–H and O–H groups in total. The Labute approximate surface area is 111 Å². The van der Waals surface area contributed by atoms with E-state index in [4.69, 9.17) is 0 Å². The van der Waals surface area contributed by atoms with E-state index in [-0.39, 0.29) is 18.8 Å². The van der Waals surface area contributed by atoms with E-state index in [9.17, 15) is 21.6 Å². The molecule has 0 aromatic carbocycles. The standard InChI is InChI=1S/C9H17F3N2O2S.ClH/c10-9(11,12)3-1-8-17(15,16)14-6-2-4-13-5-7-14;/h13H,1-8H2;1H. The van der Waals surface area contributed by atoms with E-state index in [2.05, 4.69) is 5.32 Å². The van der Waals surface area contributed by atoms with Gasteiger partial charge in [-0.15, -0.1) is 12.4 Å². The summed E-state index contributed by atoms with van der Waals surface area (Å²) < 4.78 is 60.6. The maximum atomic E-state index is 11.9. The minimum atomic E-state index is -4.28. The topological polar surface area (TPSA) is 49.4 Å². The maximum Gasteiger partial charge on any atom is 0.389 e. The van der Waals surface area contributed by atoms with E-state index in [1.54, 1.807) is 0 Å². The number of halogens is 4. The van der Waals surface area contributed by atoms with Gasteiger partial charge >= 0.3 is 6.18 Å². The van der Waals surface area contributed by atoms with Crippen LogP contribution >= 0.6 is 12.4 Å². The molecule has 0 atom stereocenters. The van der Waals surface area contributed by atoms with Crippen molar-refractivity contribution in [1.29, 1.82) is 0 Å². The van der Waals surface area contributed by atoms with Gasteiger partial charge in [0.25, 0.3) is 0 Å². The summed E-state index contributed by atoms with van der Waals surface area (Å²) in [7, 11) is -3.54. The third-order valence-corrected chi connectivity index (χ3v) is 4.51. The lowest BCUT2D eigenvalue weighted by atomic mass is 10.3. The largest absolute Gasteiger partial charge is 0.389 e. The molecular weight excluding hydrogens is 293 g/mol. The normalized spacial score (nSPS) is 19.1. The molecule has 4 nitrogen and oxygen atoms in total. The van der Waals surface area contributed by atoms with Crippen LogP contribution in [0, 0.1) is 0 Å². The summed E-state index contributed by atoms with van der Waals surface area (Å²) in [6.07, 6.45) is -5.00. The number of nitrogens with one attached hydrogen (secondary N) is 1. The van der Waals surface area contributed by atoms with E-state index in [0.29, 0.717) is 26.1 Å². The molecule has 0 bridgehead atoms. The van der Waals surface area contributed by atoms with Crippen molar-refractivity contribution in [3.63, 3.8) is 0 Å². The van der Waals surface area contributed by atoms with Crippen molar-refractivity contribution >= 4 is 22.4 Å². The molecule has 1 heterocycles. The van der Waals surface area contributed by atoms with E-state index in [1.165, 1.54) is 4.31 Å². The highest BCUT2D eigenvalue weighted by Crippen LogP contribution is 2.22.